The molecule has 1 aromatic heterocycles. The standard InChI is InChI=1S/C32H31N4O19P3/c37-17-2-5-21-24(12-17)51-25-13-18(38)3-6-22(25)32(21)20-4-1-16(11-19(20)30(41)53-32)29(40)34-9-8-33-27-7-10-36(31(42)35-27)28-14-23(39)26(52-28)15-50-57(46,47)55-58(48,49)54-56(43,44)45/h1-7,10-13,23,26,28,37-39H,8-9,14-15H2,(H,34,40)(H,46,47)(H,48,49)(H,33,35,42)(H2,43,44,45)/t23-,26+,28+/m0/s1. The van der Waals surface area contributed by atoms with Gasteiger partial charge in [-0.3, -0.25) is 13.9 Å². The third-order valence-corrected chi connectivity index (χ3v) is 12.7. The molecule has 9 N–H and O–H groups in total. The molecule has 1 spiro atoms. The van der Waals surface area contributed by atoms with E-state index in [0.29, 0.717) is 16.7 Å². The van der Waals surface area contributed by atoms with Gasteiger partial charge in [0.25, 0.3) is 5.91 Å². The Morgan fingerprint density at radius 1 is 0.879 bits per heavy atom. The van der Waals surface area contributed by atoms with E-state index in [9.17, 15) is 53.2 Å². The number of ether oxygens (including phenoxy) is 3. The number of phosphoric ester groups is 1. The second-order valence-electron chi connectivity index (χ2n) is 12.8. The Balaban J connectivity index is 0.946. The van der Waals surface area contributed by atoms with Crippen LogP contribution in [0.3, 0.4) is 0 Å². The average molecular weight is 869 g/mol. The van der Waals surface area contributed by atoms with E-state index in [4.69, 9.17) is 24.0 Å². The van der Waals surface area contributed by atoms with Crippen molar-refractivity contribution < 1.29 is 85.5 Å². The zero-order chi connectivity index (χ0) is 41.8. The number of carbonyl (C=O) groups excluding carboxylic acids is 2. The second kappa shape index (κ2) is 15.3. The van der Waals surface area contributed by atoms with Crippen LogP contribution in [0.4, 0.5) is 5.82 Å². The van der Waals surface area contributed by atoms with Crippen molar-refractivity contribution in [1.29, 1.82) is 0 Å². The molecular formula is C32H31N4O19P3. The van der Waals surface area contributed by atoms with Crippen molar-refractivity contribution in [2.24, 2.45) is 0 Å². The monoisotopic (exact) mass is 868 g/mol. The molecule has 3 aromatic carbocycles. The summed E-state index contributed by atoms with van der Waals surface area (Å²) in [6.45, 7) is -0.801. The van der Waals surface area contributed by atoms with Gasteiger partial charge in [-0.1, -0.05) is 6.07 Å². The number of nitrogens with one attached hydrogen (secondary N) is 2. The van der Waals surface area contributed by atoms with E-state index in [2.05, 4.69) is 28.8 Å². The number of aromatic nitrogens is 2. The van der Waals surface area contributed by atoms with E-state index < -0.39 is 71.7 Å². The molecule has 0 bridgehead atoms. The molecule has 58 heavy (non-hydrogen) atoms. The molecule has 23 nitrogen and oxygen atoms in total. The Kier molecular flexibility index (Phi) is 10.9. The van der Waals surface area contributed by atoms with E-state index in [1.165, 1.54) is 48.7 Å². The number of hydrogen-bond donors (Lipinski definition) is 9. The zero-order valence-electron chi connectivity index (χ0n) is 29.2. The number of aliphatic hydroxyl groups excluding tert-OH is 1. The number of phenolic OH excluding ortho intramolecular Hbond substituents is 2. The van der Waals surface area contributed by atoms with E-state index in [1.54, 1.807) is 18.2 Å². The number of carbonyl (C=O) groups is 2. The van der Waals surface area contributed by atoms with E-state index >= 15 is 0 Å². The molecule has 7 rings (SSSR count). The van der Waals surface area contributed by atoms with Crippen molar-refractivity contribution in [3.8, 4) is 23.0 Å². The van der Waals surface area contributed by atoms with Crippen molar-refractivity contribution in [2.45, 2.75) is 30.5 Å². The summed E-state index contributed by atoms with van der Waals surface area (Å²) in [5.41, 5.74) is -0.837. The predicted molar refractivity (Wildman–Crippen MR) is 192 cm³/mol. The Labute approximate surface area is 324 Å². The Morgan fingerprint density at radius 2 is 1.53 bits per heavy atom. The maximum Gasteiger partial charge on any atom is 0.490 e. The summed E-state index contributed by atoms with van der Waals surface area (Å²) in [7, 11) is -16.8. The van der Waals surface area contributed by atoms with Gasteiger partial charge in [0.05, 0.1) is 18.3 Å². The molecule has 1 saturated heterocycles. The van der Waals surface area contributed by atoms with Crippen LogP contribution < -0.4 is 21.1 Å². The molecule has 2 unspecified atom stereocenters. The Bertz CT molecular complexity index is 2480. The lowest BCUT2D eigenvalue weighted by molar-refractivity contribution is -0.0449. The minimum Gasteiger partial charge on any atom is -0.508 e. The van der Waals surface area contributed by atoms with Gasteiger partial charge in [0.1, 0.15) is 41.1 Å². The number of aliphatic hydroxyl groups is 1. The maximum absolute atomic E-state index is 13.4. The number of benzene rings is 3. The lowest BCUT2D eigenvalue weighted by atomic mass is 9.77. The van der Waals surface area contributed by atoms with Crippen molar-refractivity contribution in [2.75, 3.05) is 25.0 Å². The minimum atomic E-state index is -5.76. The Morgan fingerprint density at radius 3 is 2.17 bits per heavy atom. The predicted octanol–water partition coefficient (Wildman–Crippen LogP) is 2.06. The number of hydrogen-bond acceptors (Lipinski definition) is 17. The quantitative estimate of drug-likeness (QED) is 0.0527. The van der Waals surface area contributed by atoms with Gasteiger partial charge >= 0.3 is 35.1 Å². The van der Waals surface area contributed by atoms with Crippen LogP contribution >= 0.6 is 23.5 Å². The smallest absolute Gasteiger partial charge is 0.490 e. The zero-order valence-corrected chi connectivity index (χ0v) is 31.9. The van der Waals surface area contributed by atoms with Gasteiger partial charge < -0.3 is 59.7 Å². The first-order valence-electron chi connectivity index (χ1n) is 16.7. The molecule has 0 radical (unpaired) electrons. The SMILES string of the molecule is O=C(NCCNc1ccn([C@H]2C[C@H](O)[C@@H](COP(=O)(O)OP(=O)(O)OP(=O)(O)O)O2)c(=O)n1)c1ccc2c(c1)C(=O)OC21c2ccc(O)cc2Oc2cc(O)ccc21. The first kappa shape index (κ1) is 41.2. The highest BCUT2D eigenvalue weighted by Gasteiger charge is 2.54. The van der Waals surface area contributed by atoms with Crippen molar-refractivity contribution in [3.05, 3.63) is 105 Å². The van der Waals surface area contributed by atoms with Gasteiger partial charge in [0, 0.05) is 60.1 Å². The summed E-state index contributed by atoms with van der Waals surface area (Å²) in [6.07, 6.45) is -2.85. The van der Waals surface area contributed by atoms with Crippen LogP contribution in [0.5, 0.6) is 23.0 Å². The van der Waals surface area contributed by atoms with Crippen LogP contribution in [0.1, 0.15) is 50.1 Å². The third kappa shape index (κ3) is 8.43. The third-order valence-electron chi connectivity index (χ3n) is 8.91. The molecule has 308 valence electrons. The highest BCUT2D eigenvalue weighted by atomic mass is 31.3. The van der Waals surface area contributed by atoms with Gasteiger partial charge in [0.15, 0.2) is 5.60 Å². The number of phenols is 2. The molecule has 4 aromatic rings. The molecule has 26 heteroatoms. The molecule has 3 aliphatic heterocycles. The fraction of sp³-hybridized carbons (Fsp3) is 0.250. The number of anilines is 1. The van der Waals surface area contributed by atoms with Crippen LogP contribution in [-0.2, 0) is 41.9 Å². The molecule has 1 amide bonds. The molecule has 0 aliphatic carbocycles. The number of amides is 1. The molecule has 5 atom stereocenters. The fourth-order valence-corrected chi connectivity index (χ4v) is 9.58. The number of nitrogens with zero attached hydrogens (tertiary/aromatic N) is 2. The molecule has 4 heterocycles. The number of fused-ring (bicyclic) bond motifs is 6. The lowest BCUT2D eigenvalue weighted by Crippen LogP contribution is -2.33. The topological polar surface area (TPSA) is 341 Å². The fourth-order valence-electron chi connectivity index (χ4n) is 6.55. The number of phosphoric acid groups is 3. The van der Waals surface area contributed by atoms with E-state index in [-0.39, 0.29) is 59.5 Å². The second-order valence-corrected chi connectivity index (χ2v) is 17.2. The van der Waals surface area contributed by atoms with Crippen LogP contribution in [0.25, 0.3) is 0 Å². The van der Waals surface area contributed by atoms with Crippen molar-refractivity contribution in [3.63, 3.8) is 0 Å². The average Bonchev–Trinajstić information content (AvgIpc) is 3.63. The first-order chi connectivity index (χ1) is 27.2. The normalized spacial score (nSPS) is 21.1. The van der Waals surface area contributed by atoms with E-state index in [0.717, 1.165) is 4.57 Å². The van der Waals surface area contributed by atoms with Gasteiger partial charge in [-0.15, -0.1) is 0 Å². The lowest BCUT2D eigenvalue weighted by Gasteiger charge is -2.36. The summed E-state index contributed by atoms with van der Waals surface area (Å²) >= 11 is 0. The van der Waals surface area contributed by atoms with Crippen LogP contribution in [0, 0.1) is 0 Å². The van der Waals surface area contributed by atoms with Gasteiger partial charge in [-0.25, -0.2) is 23.3 Å². The summed E-state index contributed by atoms with van der Waals surface area (Å²) in [5, 5.41) is 36.1. The summed E-state index contributed by atoms with van der Waals surface area (Å²) < 4.78 is 64.6. The highest BCUT2D eigenvalue weighted by Crippen LogP contribution is 2.66. The maximum atomic E-state index is 13.4. The minimum absolute atomic E-state index is 0.0371. The van der Waals surface area contributed by atoms with Crippen LogP contribution in [-0.4, -0.2) is 88.2 Å². The molecular weight excluding hydrogens is 837 g/mol. The number of aromatic hydroxyl groups is 2. The largest absolute Gasteiger partial charge is 0.508 e. The van der Waals surface area contributed by atoms with Crippen molar-refractivity contribution in [1.82, 2.24) is 14.9 Å². The molecule has 1 fully saturated rings. The number of rotatable bonds is 13. The number of esters is 1. The summed E-state index contributed by atoms with van der Waals surface area (Å²) in [5.74, 6) is -0.950. The summed E-state index contributed by atoms with van der Waals surface area (Å²) in [4.78, 5) is 79.4. The van der Waals surface area contributed by atoms with Gasteiger partial charge in [-0.05, 0) is 42.5 Å². The van der Waals surface area contributed by atoms with Gasteiger partial charge in [-0.2, -0.15) is 13.6 Å². The Hall–Kier alpha value is -4.99. The van der Waals surface area contributed by atoms with Crippen LogP contribution in [0.15, 0.2) is 71.7 Å². The summed E-state index contributed by atoms with van der Waals surface area (Å²) in [6, 6.07) is 14.5. The van der Waals surface area contributed by atoms with E-state index in [1.807, 2.05) is 0 Å². The van der Waals surface area contributed by atoms with Crippen LogP contribution in [0.2, 0.25) is 0 Å². The first-order valence-corrected chi connectivity index (χ1v) is 21.2. The molecule has 0 saturated carbocycles. The highest BCUT2D eigenvalue weighted by molar-refractivity contribution is 7.66. The van der Waals surface area contributed by atoms with Crippen molar-refractivity contribution >= 4 is 41.2 Å². The van der Waals surface area contributed by atoms with Gasteiger partial charge in [0.2, 0.25) is 0 Å². The molecule has 3 aliphatic rings.